The fraction of sp³-hybridized carbons (Fsp3) is 0.0204. The molecule has 0 N–H and O–H groups in total. The van der Waals surface area contributed by atoms with E-state index in [1.54, 1.807) is 0 Å². The molecule has 7 aromatic carbocycles. The van der Waals surface area contributed by atoms with E-state index in [1.807, 2.05) is 24.5 Å². The summed E-state index contributed by atoms with van der Waals surface area (Å²) in [5.41, 5.74) is 16.6. The first kappa shape index (κ1) is 29.5. The summed E-state index contributed by atoms with van der Waals surface area (Å²) in [6.07, 6.45) is 3.84. The van der Waals surface area contributed by atoms with Gasteiger partial charge in [-0.1, -0.05) is 115 Å². The van der Waals surface area contributed by atoms with Crippen LogP contribution in [0.15, 0.2) is 182 Å². The predicted octanol–water partition coefficient (Wildman–Crippen LogP) is 11.9. The molecule has 0 atom stereocenters. The molecule has 0 amide bonds. The van der Waals surface area contributed by atoms with Gasteiger partial charge in [-0.25, -0.2) is 0 Å². The van der Waals surface area contributed by atoms with E-state index >= 15 is 0 Å². The SMILES string of the molecule is N#Cc1ccc(-c2cc(N3c4ccccc4C4(c5ccccc5-c5ccccc54)c4ccccc43)cc(-n3c4ccccc4c4cnccc43)c2)cc1. The van der Waals surface area contributed by atoms with Gasteiger partial charge < -0.3 is 9.47 Å². The molecule has 0 fully saturated rings. The van der Waals surface area contributed by atoms with Crippen LogP contribution in [0, 0.1) is 11.3 Å². The van der Waals surface area contributed by atoms with Gasteiger partial charge in [0.15, 0.2) is 0 Å². The van der Waals surface area contributed by atoms with E-state index in [-0.39, 0.29) is 0 Å². The number of para-hydroxylation sites is 3. The van der Waals surface area contributed by atoms with Crippen molar-refractivity contribution in [2.45, 2.75) is 5.41 Å². The van der Waals surface area contributed by atoms with Gasteiger partial charge in [0, 0.05) is 34.5 Å². The zero-order valence-corrected chi connectivity index (χ0v) is 28.6. The average molecular weight is 675 g/mol. The maximum atomic E-state index is 9.61. The predicted molar refractivity (Wildman–Crippen MR) is 214 cm³/mol. The first-order chi connectivity index (χ1) is 26.3. The van der Waals surface area contributed by atoms with Crippen LogP contribution in [0.25, 0.3) is 49.7 Å². The lowest BCUT2D eigenvalue weighted by Crippen LogP contribution is -2.36. The summed E-state index contributed by atoms with van der Waals surface area (Å²) in [5, 5.41) is 11.9. The van der Waals surface area contributed by atoms with Gasteiger partial charge in [0.25, 0.3) is 0 Å². The molecule has 9 aromatic rings. The fourth-order valence-corrected chi connectivity index (χ4v) is 9.19. The van der Waals surface area contributed by atoms with Crippen LogP contribution in [0.4, 0.5) is 17.1 Å². The summed E-state index contributed by atoms with van der Waals surface area (Å²) in [6.45, 7) is 0. The molecule has 11 rings (SSSR count). The molecule has 0 saturated carbocycles. The lowest BCUT2D eigenvalue weighted by molar-refractivity contribution is 0.752. The molecule has 4 heteroatoms. The monoisotopic (exact) mass is 674 g/mol. The largest absolute Gasteiger partial charge is 0.310 e. The molecule has 2 aliphatic rings. The van der Waals surface area contributed by atoms with E-state index in [0.29, 0.717) is 5.56 Å². The highest BCUT2D eigenvalue weighted by Crippen LogP contribution is 2.63. The summed E-state index contributed by atoms with van der Waals surface area (Å²) in [7, 11) is 0. The Labute approximate surface area is 307 Å². The number of fused-ring (bicyclic) bond motifs is 12. The molecule has 246 valence electrons. The summed E-state index contributed by atoms with van der Waals surface area (Å²) in [6, 6.07) is 63.5. The zero-order chi connectivity index (χ0) is 35.1. The van der Waals surface area contributed by atoms with E-state index in [9.17, 15) is 5.26 Å². The van der Waals surface area contributed by atoms with Crippen LogP contribution in [0.1, 0.15) is 27.8 Å². The highest BCUT2D eigenvalue weighted by atomic mass is 15.2. The Morgan fingerprint density at radius 2 is 1.06 bits per heavy atom. The third kappa shape index (κ3) is 4.02. The highest BCUT2D eigenvalue weighted by molar-refractivity contribution is 6.09. The number of nitrogens with zero attached hydrogens (tertiary/aromatic N) is 4. The van der Waals surface area contributed by atoms with Crippen LogP contribution in [0.5, 0.6) is 0 Å². The van der Waals surface area contributed by atoms with Gasteiger partial charge >= 0.3 is 0 Å². The molecule has 2 aromatic heterocycles. The minimum atomic E-state index is -0.482. The second kappa shape index (κ2) is 11.1. The minimum absolute atomic E-state index is 0.482. The molecule has 3 heterocycles. The Morgan fingerprint density at radius 1 is 0.491 bits per heavy atom. The van der Waals surface area contributed by atoms with Gasteiger partial charge in [0.05, 0.1) is 39.5 Å². The third-order valence-corrected chi connectivity index (χ3v) is 11.3. The van der Waals surface area contributed by atoms with E-state index in [4.69, 9.17) is 0 Å². The van der Waals surface area contributed by atoms with E-state index in [0.717, 1.165) is 55.7 Å². The molecule has 1 aliphatic heterocycles. The maximum Gasteiger partial charge on any atom is 0.0991 e. The standard InChI is InChI=1S/C49H30N4/c50-30-32-21-23-33(24-22-32)34-27-35(52-45-18-8-3-13-39(45)40-31-51-26-25-46(40)52)29-36(28-34)53-47-19-9-6-16-43(47)49(44-17-7-10-20-48(44)53)41-14-4-1-11-37(41)38-12-2-5-15-42(38)49/h1-29,31H. The van der Waals surface area contributed by atoms with Crippen LogP contribution < -0.4 is 4.90 Å². The van der Waals surface area contributed by atoms with Crippen molar-refractivity contribution in [3.05, 3.63) is 210 Å². The number of aromatic nitrogens is 2. The zero-order valence-electron chi connectivity index (χ0n) is 28.6. The average Bonchev–Trinajstić information content (AvgIpc) is 3.72. The third-order valence-electron chi connectivity index (χ3n) is 11.3. The summed E-state index contributed by atoms with van der Waals surface area (Å²) >= 11 is 0. The fourth-order valence-electron chi connectivity index (χ4n) is 9.19. The van der Waals surface area contributed by atoms with Gasteiger partial charge in [0.2, 0.25) is 0 Å². The lowest BCUT2D eigenvalue weighted by atomic mass is 9.64. The van der Waals surface area contributed by atoms with Gasteiger partial charge in [-0.3, -0.25) is 4.98 Å². The second-order valence-corrected chi connectivity index (χ2v) is 13.9. The number of nitriles is 1. The van der Waals surface area contributed by atoms with Gasteiger partial charge in [0.1, 0.15) is 0 Å². The number of hydrogen-bond acceptors (Lipinski definition) is 3. The lowest BCUT2D eigenvalue weighted by Gasteiger charge is -2.45. The number of pyridine rings is 1. The second-order valence-electron chi connectivity index (χ2n) is 13.9. The molecular weight excluding hydrogens is 645 g/mol. The summed E-state index contributed by atoms with van der Waals surface area (Å²) in [4.78, 5) is 6.96. The van der Waals surface area contributed by atoms with Crippen LogP contribution in [0.2, 0.25) is 0 Å². The van der Waals surface area contributed by atoms with Gasteiger partial charge in [-0.2, -0.15) is 5.26 Å². The van der Waals surface area contributed by atoms with Crippen LogP contribution in [0.3, 0.4) is 0 Å². The first-order valence-corrected chi connectivity index (χ1v) is 17.9. The van der Waals surface area contributed by atoms with Crippen LogP contribution >= 0.6 is 0 Å². The number of rotatable bonds is 3. The van der Waals surface area contributed by atoms with Crippen LogP contribution in [-0.2, 0) is 5.41 Å². The van der Waals surface area contributed by atoms with Crippen molar-refractivity contribution in [2.24, 2.45) is 0 Å². The quantitative estimate of drug-likeness (QED) is 0.187. The normalized spacial score (nSPS) is 13.4. The van der Waals surface area contributed by atoms with E-state index < -0.39 is 5.41 Å². The van der Waals surface area contributed by atoms with Crippen molar-refractivity contribution in [3.63, 3.8) is 0 Å². The van der Waals surface area contributed by atoms with Gasteiger partial charge in [-0.15, -0.1) is 0 Å². The van der Waals surface area contributed by atoms with Crippen molar-refractivity contribution in [1.29, 1.82) is 5.26 Å². The van der Waals surface area contributed by atoms with E-state index in [1.165, 1.54) is 33.4 Å². The highest BCUT2D eigenvalue weighted by Gasteiger charge is 2.51. The van der Waals surface area contributed by atoms with Crippen LogP contribution in [-0.4, -0.2) is 9.55 Å². The Hall–Kier alpha value is -7.22. The van der Waals surface area contributed by atoms with Gasteiger partial charge in [-0.05, 0) is 99.1 Å². The summed E-state index contributed by atoms with van der Waals surface area (Å²) < 4.78 is 2.36. The smallest absolute Gasteiger partial charge is 0.0991 e. The first-order valence-electron chi connectivity index (χ1n) is 17.9. The number of hydrogen-bond donors (Lipinski definition) is 0. The molecule has 0 saturated heterocycles. The molecule has 0 bridgehead atoms. The molecule has 0 unspecified atom stereocenters. The number of benzene rings is 7. The van der Waals surface area contributed by atoms with Crippen molar-refractivity contribution >= 4 is 38.9 Å². The molecule has 1 spiro atoms. The Kier molecular flexibility index (Phi) is 6.20. The molecule has 1 aliphatic carbocycles. The topological polar surface area (TPSA) is 44.9 Å². The Bertz CT molecular complexity index is 2830. The van der Waals surface area contributed by atoms with Crippen molar-refractivity contribution in [3.8, 4) is 34.0 Å². The van der Waals surface area contributed by atoms with Crippen molar-refractivity contribution in [2.75, 3.05) is 4.90 Å². The molecular formula is C49H30N4. The molecule has 0 radical (unpaired) electrons. The number of anilines is 3. The maximum absolute atomic E-state index is 9.61. The Morgan fingerprint density at radius 3 is 1.74 bits per heavy atom. The minimum Gasteiger partial charge on any atom is -0.310 e. The molecule has 53 heavy (non-hydrogen) atoms. The van der Waals surface area contributed by atoms with Crippen molar-refractivity contribution < 1.29 is 0 Å². The summed E-state index contributed by atoms with van der Waals surface area (Å²) in [5.74, 6) is 0. The Balaban J connectivity index is 1.23. The van der Waals surface area contributed by atoms with E-state index in [2.05, 4.69) is 178 Å². The molecule has 4 nitrogen and oxygen atoms in total. The van der Waals surface area contributed by atoms with Crippen molar-refractivity contribution in [1.82, 2.24) is 9.55 Å².